The number of rotatable bonds is 7. The number of nitrogens with zero attached hydrogens (tertiary/aromatic N) is 4. The third kappa shape index (κ3) is 4.86. The molecular formula is C20H22ClN5O2. The van der Waals surface area contributed by atoms with Crippen molar-refractivity contribution in [2.24, 2.45) is 0 Å². The average molecular weight is 400 g/mol. The van der Waals surface area contributed by atoms with E-state index < -0.39 is 0 Å². The number of hydrogen-bond donors (Lipinski definition) is 1. The lowest BCUT2D eigenvalue weighted by Crippen LogP contribution is -2.13. The third-order valence-electron chi connectivity index (χ3n) is 4.29. The maximum absolute atomic E-state index is 12.3. The largest absolute Gasteiger partial charge is 0.493 e. The van der Waals surface area contributed by atoms with Gasteiger partial charge in [0.15, 0.2) is 5.82 Å². The van der Waals surface area contributed by atoms with Gasteiger partial charge in [-0.05, 0) is 79.1 Å². The van der Waals surface area contributed by atoms with Gasteiger partial charge in [0.25, 0.3) is 0 Å². The van der Waals surface area contributed by atoms with Crippen molar-refractivity contribution >= 4 is 23.2 Å². The molecule has 0 radical (unpaired) electrons. The Kier molecular flexibility index (Phi) is 6.26. The van der Waals surface area contributed by atoms with Crippen LogP contribution >= 0.6 is 11.6 Å². The fraction of sp³-hybridized carbons (Fsp3) is 0.300. The summed E-state index contributed by atoms with van der Waals surface area (Å²) in [7, 11) is 0. The molecule has 0 aliphatic carbocycles. The van der Waals surface area contributed by atoms with Crippen LogP contribution < -0.4 is 10.1 Å². The molecule has 0 atom stereocenters. The smallest absolute Gasteiger partial charge is 0.224 e. The van der Waals surface area contributed by atoms with Gasteiger partial charge in [0, 0.05) is 17.1 Å². The molecule has 28 heavy (non-hydrogen) atoms. The molecule has 0 bridgehead atoms. The molecule has 0 unspecified atom stereocenters. The minimum atomic E-state index is -0.0698. The van der Waals surface area contributed by atoms with Crippen molar-refractivity contribution in [2.45, 2.75) is 33.6 Å². The minimum absolute atomic E-state index is 0.0698. The summed E-state index contributed by atoms with van der Waals surface area (Å²) in [5.74, 6) is 1.39. The number of anilines is 1. The number of carbonyl (C=O) groups is 1. The van der Waals surface area contributed by atoms with Gasteiger partial charge in [0.2, 0.25) is 5.91 Å². The van der Waals surface area contributed by atoms with E-state index >= 15 is 0 Å². The first-order chi connectivity index (χ1) is 13.4. The van der Waals surface area contributed by atoms with Crippen LogP contribution in [0.4, 0.5) is 5.69 Å². The second-order valence-corrected chi connectivity index (χ2v) is 6.99. The van der Waals surface area contributed by atoms with Gasteiger partial charge in [-0.25, -0.2) is 0 Å². The second kappa shape index (κ2) is 8.84. The van der Waals surface area contributed by atoms with Crippen LogP contribution in [0.1, 0.15) is 29.8 Å². The highest BCUT2D eigenvalue weighted by molar-refractivity contribution is 6.30. The Morgan fingerprint density at radius 2 is 1.96 bits per heavy atom. The zero-order valence-electron chi connectivity index (χ0n) is 16.1. The molecule has 0 fully saturated rings. The summed E-state index contributed by atoms with van der Waals surface area (Å²) in [5.41, 5.74) is 3.53. The van der Waals surface area contributed by atoms with Gasteiger partial charge in [-0.15, -0.1) is 5.10 Å². The van der Waals surface area contributed by atoms with Gasteiger partial charge >= 0.3 is 0 Å². The van der Waals surface area contributed by atoms with E-state index in [-0.39, 0.29) is 5.91 Å². The maximum Gasteiger partial charge on any atom is 0.224 e. The summed E-state index contributed by atoms with van der Waals surface area (Å²) in [6.45, 7) is 6.19. The number of halogens is 1. The lowest BCUT2D eigenvalue weighted by molar-refractivity contribution is -0.116. The summed E-state index contributed by atoms with van der Waals surface area (Å²) >= 11 is 5.94. The average Bonchev–Trinajstić information content (AvgIpc) is 3.07. The molecule has 1 amide bonds. The molecule has 3 rings (SSSR count). The molecule has 1 aromatic heterocycles. The fourth-order valence-electron chi connectivity index (χ4n) is 2.78. The zero-order chi connectivity index (χ0) is 20.1. The van der Waals surface area contributed by atoms with Gasteiger partial charge < -0.3 is 10.1 Å². The first kappa shape index (κ1) is 19.8. The quantitative estimate of drug-likeness (QED) is 0.606. The molecule has 0 aliphatic rings. The molecule has 1 N–H and O–H groups in total. The van der Waals surface area contributed by atoms with Crippen LogP contribution in [0.3, 0.4) is 0 Å². The van der Waals surface area contributed by atoms with E-state index in [2.05, 4.69) is 20.8 Å². The standard InChI is InChI=1S/C20H22ClN5O2/c1-13-6-8-17(12-18(13)26-15(3)23-24-25-26)22-20(27)5-4-10-28-19-9-7-16(21)11-14(19)2/h6-9,11-12H,4-5,10H2,1-3H3,(H,22,27). The zero-order valence-corrected chi connectivity index (χ0v) is 16.8. The summed E-state index contributed by atoms with van der Waals surface area (Å²) in [6.07, 6.45) is 0.971. The van der Waals surface area contributed by atoms with Crippen LogP contribution in [-0.2, 0) is 4.79 Å². The van der Waals surface area contributed by atoms with Gasteiger partial charge in [0.05, 0.1) is 12.3 Å². The number of hydrogen-bond acceptors (Lipinski definition) is 5. The molecule has 0 spiro atoms. The molecule has 2 aromatic carbocycles. The van der Waals surface area contributed by atoms with Gasteiger partial charge in [-0.3, -0.25) is 4.79 Å². The van der Waals surface area contributed by atoms with Crippen LogP contribution in [0.2, 0.25) is 5.02 Å². The lowest BCUT2D eigenvalue weighted by atomic mass is 10.1. The first-order valence-corrected chi connectivity index (χ1v) is 9.36. The van der Waals surface area contributed by atoms with Gasteiger partial charge in [-0.1, -0.05) is 17.7 Å². The van der Waals surface area contributed by atoms with Crippen LogP contribution in [0.25, 0.3) is 5.69 Å². The molecule has 0 aliphatic heterocycles. The number of benzene rings is 2. The van der Waals surface area contributed by atoms with Gasteiger partial charge in [0.1, 0.15) is 5.75 Å². The normalized spacial score (nSPS) is 10.7. The predicted molar refractivity (Wildman–Crippen MR) is 108 cm³/mol. The highest BCUT2D eigenvalue weighted by Gasteiger charge is 2.10. The highest BCUT2D eigenvalue weighted by atomic mass is 35.5. The number of aryl methyl sites for hydroxylation is 3. The van der Waals surface area contributed by atoms with Crippen LogP contribution in [0, 0.1) is 20.8 Å². The SMILES string of the molecule is Cc1cc(Cl)ccc1OCCCC(=O)Nc1ccc(C)c(-n2nnnc2C)c1. The minimum Gasteiger partial charge on any atom is -0.493 e. The summed E-state index contributed by atoms with van der Waals surface area (Å²) < 4.78 is 7.37. The Labute approximate surface area is 168 Å². The highest BCUT2D eigenvalue weighted by Crippen LogP contribution is 2.22. The number of ether oxygens (including phenoxy) is 1. The Bertz CT molecular complexity index is 986. The molecule has 3 aromatic rings. The van der Waals surface area contributed by atoms with E-state index in [9.17, 15) is 4.79 Å². The number of tetrazole rings is 1. The first-order valence-electron chi connectivity index (χ1n) is 8.99. The molecule has 1 heterocycles. The molecule has 146 valence electrons. The van der Waals surface area contributed by atoms with Crippen LogP contribution in [-0.4, -0.2) is 32.7 Å². The molecule has 0 saturated carbocycles. The Morgan fingerprint density at radius 3 is 2.68 bits per heavy atom. The third-order valence-corrected chi connectivity index (χ3v) is 4.52. The Morgan fingerprint density at radius 1 is 1.14 bits per heavy atom. The van der Waals surface area contributed by atoms with Crippen molar-refractivity contribution in [2.75, 3.05) is 11.9 Å². The molecule has 8 heteroatoms. The van der Waals surface area contributed by atoms with E-state index in [0.29, 0.717) is 36.0 Å². The number of amides is 1. The van der Waals surface area contributed by atoms with Gasteiger partial charge in [-0.2, -0.15) is 4.68 Å². The van der Waals surface area contributed by atoms with E-state index in [0.717, 1.165) is 22.6 Å². The molecule has 0 saturated heterocycles. The summed E-state index contributed by atoms with van der Waals surface area (Å²) in [6, 6.07) is 11.1. The number of aromatic nitrogens is 4. The fourth-order valence-corrected chi connectivity index (χ4v) is 3.01. The van der Waals surface area contributed by atoms with E-state index in [1.165, 1.54) is 0 Å². The topological polar surface area (TPSA) is 81.9 Å². The number of carbonyl (C=O) groups excluding carboxylic acids is 1. The van der Waals surface area contributed by atoms with Crippen LogP contribution in [0.5, 0.6) is 5.75 Å². The Balaban J connectivity index is 1.53. The van der Waals surface area contributed by atoms with Crippen LogP contribution in [0.15, 0.2) is 36.4 Å². The van der Waals surface area contributed by atoms with E-state index in [1.807, 2.05) is 51.1 Å². The van der Waals surface area contributed by atoms with E-state index in [4.69, 9.17) is 16.3 Å². The Hall–Kier alpha value is -2.93. The predicted octanol–water partition coefficient (Wildman–Crippen LogP) is 4.04. The second-order valence-electron chi connectivity index (χ2n) is 6.55. The molecule has 7 nitrogen and oxygen atoms in total. The maximum atomic E-state index is 12.3. The van der Waals surface area contributed by atoms with Crippen molar-refractivity contribution in [3.63, 3.8) is 0 Å². The van der Waals surface area contributed by atoms with Crippen molar-refractivity contribution in [3.05, 3.63) is 58.4 Å². The monoisotopic (exact) mass is 399 g/mol. The number of nitrogens with one attached hydrogen (secondary N) is 1. The lowest BCUT2D eigenvalue weighted by Gasteiger charge is -2.11. The summed E-state index contributed by atoms with van der Waals surface area (Å²) in [4.78, 5) is 12.3. The van der Waals surface area contributed by atoms with E-state index in [1.54, 1.807) is 10.7 Å². The van der Waals surface area contributed by atoms with Crippen molar-refractivity contribution in [1.82, 2.24) is 20.2 Å². The van der Waals surface area contributed by atoms with Crippen molar-refractivity contribution in [3.8, 4) is 11.4 Å². The molecular weight excluding hydrogens is 378 g/mol. The van der Waals surface area contributed by atoms with Crippen molar-refractivity contribution < 1.29 is 9.53 Å². The van der Waals surface area contributed by atoms with Crippen molar-refractivity contribution in [1.29, 1.82) is 0 Å². The summed E-state index contributed by atoms with van der Waals surface area (Å²) in [5, 5.41) is 15.2.